The first-order chi connectivity index (χ1) is 8.50. The van der Waals surface area contributed by atoms with E-state index in [2.05, 4.69) is 5.32 Å². The molecule has 1 N–H and O–H groups in total. The fraction of sp³-hybridized carbons (Fsp3) is 0.143. The number of aryl methyl sites for hydroxylation is 2. The molecule has 0 unspecified atom stereocenters. The lowest BCUT2D eigenvalue weighted by molar-refractivity contribution is 0.449. The number of nitrogens with one attached hydrogen (secondary N) is 1. The average molecular weight is 251 g/mol. The number of hydrogen-bond donors (Lipinski definition) is 1. The quantitative estimate of drug-likeness (QED) is 0.777. The van der Waals surface area contributed by atoms with Gasteiger partial charge in [-0.3, -0.25) is 0 Å². The van der Waals surface area contributed by atoms with Gasteiger partial charge < -0.3 is 5.32 Å². The van der Waals surface area contributed by atoms with Crippen molar-refractivity contribution in [1.82, 2.24) is 0 Å². The molecule has 0 bridgehead atoms. The molecular formula is C14H12F3N. The van der Waals surface area contributed by atoms with Crippen molar-refractivity contribution in [2.75, 3.05) is 5.32 Å². The molecule has 2 aromatic carbocycles. The minimum absolute atomic E-state index is 0.0775. The van der Waals surface area contributed by atoms with E-state index in [4.69, 9.17) is 0 Å². The minimum Gasteiger partial charge on any atom is -0.353 e. The Morgan fingerprint density at radius 1 is 0.833 bits per heavy atom. The Labute approximate surface area is 103 Å². The fourth-order valence-corrected chi connectivity index (χ4v) is 1.77. The lowest BCUT2D eigenvalue weighted by atomic mass is 10.1. The van der Waals surface area contributed by atoms with E-state index in [1.807, 2.05) is 32.0 Å². The number of para-hydroxylation sites is 1. The molecule has 4 heteroatoms. The predicted octanol–water partition coefficient (Wildman–Crippen LogP) is 4.46. The maximum atomic E-state index is 13.5. The van der Waals surface area contributed by atoms with Crippen LogP contribution in [-0.4, -0.2) is 0 Å². The first kappa shape index (κ1) is 12.5. The summed E-state index contributed by atoms with van der Waals surface area (Å²) in [7, 11) is 0. The second-order valence-electron chi connectivity index (χ2n) is 4.11. The van der Waals surface area contributed by atoms with Gasteiger partial charge in [0.15, 0.2) is 17.5 Å². The molecule has 0 radical (unpaired) electrons. The topological polar surface area (TPSA) is 12.0 Å². The zero-order valence-electron chi connectivity index (χ0n) is 10.0. The monoisotopic (exact) mass is 251 g/mol. The Morgan fingerprint density at radius 2 is 1.44 bits per heavy atom. The van der Waals surface area contributed by atoms with E-state index in [1.165, 1.54) is 6.07 Å². The smallest absolute Gasteiger partial charge is 0.196 e. The summed E-state index contributed by atoms with van der Waals surface area (Å²) in [5, 5.41) is 2.80. The van der Waals surface area contributed by atoms with Gasteiger partial charge in [-0.05, 0) is 37.1 Å². The lowest BCUT2D eigenvalue weighted by Gasteiger charge is -2.13. The Hall–Kier alpha value is -1.97. The van der Waals surface area contributed by atoms with Crippen LogP contribution in [-0.2, 0) is 0 Å². The summed E-state index contributed by atoms with van der Waals surface area (Å²) in [6.07, 6.45) is 0. The summed E-state index contributed by atoms with van der Waals surface area (Å²) >= 11 is 0. The first-order valence-corrected chi connectivity index (χ1v) is 5.47. The van der Waals surface area contributed by atoms with Crippen molar-refractivity contribution in [2.45, 2.75) is 13.8 Å². The highest BCUT2D eigenvalue weighted by molar-refractivity contribution is 5.66. The van der Waals surface area contributed by atoms with Crippen LogP contribution in [0, 0.1) is 31.3 Å². The standard InChI is InChI=1S/C14H12F3N/c1-8-4-3-5-9(2)14(8)18-11-7-6-10(15)12(16)13(11)17/h3-7,18H,1-2H3. The number of anilines is 2. The van der Waals surface area contributed by atoms with E-state index in [0.29, 0.717) is 5.69 Å². The molecule has 0 fully saturated rings. The highest BCUT2D eigenvalue weighted by Crippen LogP contribution is 2.27. The minimum atomic E-state index is -1.47. The third kappa shape index (κ3) is 2.18. The normalized spacial score (nSPS) is 10.5. The van der Waals surface area contributed by atoms with Crippen LogP contribution in [0.2, 0.25) is 0 Å². The molecule has 2 rings (SSSR count). The summed E-state index contributed by atoms with van der Waals surface area (Å²) in [4.78, 5) is 0. The number of hydrogen-bond acceptors (Lipinski definition) is 1. The average Bonchev–Trinajstić information content (AvgIpc) is 2.34. The van der Waals surface area contributed by atoms with Gasteiger partial charge in [0.25, 0.3) is 0 Å². The lowest BCUT2D eigenvalue weighted by Crippen LogP contribution is -2.01. The summed E-state index contributed by atoms with van der Waals surface area (Å²) in [6, 6.07) is 7.66. The zero-order chi connectivity index (χ0) is 13.3. The molecule has 0 aliphatic carbocycles. The summed E-state index contributed by atoms with van der Waals surface area (Å²) in [5.74, 6) is -3.87. The van der Waals surface area contributed by atoms with E-state index < -0.39 is 17.5 Å². The molecule has 0 spiro atoms. The second kappa shape index (κ2) is 4.72. The van der Waals surface area contributed by atoms with Gasteiger partial charge in [-0.2, -0.15) is 0 Å². The Kier molecular flexibility index (Phi) is 3.28. The maximum Gasteiger partial charge on any atom is 0.196 e. The van der Waals surface area contributed by atoms with Crippen molar-refractivity contribution in [3.63, 3.8) is 0 Å². The molecule has 0 amide bonds. The van der Waals surface area contributed by atoms with E-state index >= 15 is 0 Å². The third-order valence-corrected chi connectivity index (χ3v) is 2.78. The number of halogens is 3. The summed E-state index contributed by atoms with van der Waals surface area (Å²) in [5.41, 5.74) is 2.42. The van der Waals surface area contributed by atoms with Gasteiger partial charge in [0.2, 0.25) is 0 Å². The third-order valence-electron chi connectivity index (χ3n) is 2.78. The van der Waals surface area contributed by atoms with Crippen LogP contribution in [0.15, 0.2) is 30.3 Å². The van der Waals surface area contributed by atoms with Crippen LogP contribution < -0.4 is 5.32 Å². The van der Waals surface area contributed by atoms with E-state index in [-0.39, 0.29) is 5.69 Å². The SMILES string of the molecule is Cc1cccc(C)c1Nc1ccc(F)c(F)c1F. The van der Waals surface area contributed by atoms with E-state index in [0.717, 1.165) is 17.2 Å². The van der Waals surface area contributed by atoms with E-state index in [9.17, 15) is 13.2 Å². The summed E-state index contributed by atoms with van der Waals surface area (Å²) < 4.78 is 39.5. The highest BCUT2D eigenvalue weighted by atomic mass is 19.2. The first-order valence-electron chi connectivity index (χ1n) is 5.47. The molecule has 0 aliphatic heterocycles. The van der Waals surface area contributed by atoms with Gasteiger partial charge >= 0.3 is 0 Å². The molecule has 94 valence electrons. The van der Waals surface area contributed by atoms with Crippen LogP contribution in [0.25, 0.3) is 0 Å². The van der Waals surface area contributed by atoms with Crippen LogP contribution in [0.4, 0.5) is 24.5 Å². The molecule has 18 heavy (non-hydrogen) atoms. The molecular weight excluding hydrogens is 239 g/mol. The largest absolute Gasteiger partial charge is 0.353 e. The predicted molar refractivity (Wildman–Crippen MR) is 65.5 cm³/mol. The number of rotatable bonds is 2. The number of benzene rings is 2. The molecule has 0 aromatic heterocycles. The van der Waals surface area contributed by atoms with Crippen molar-refractivity contribution in [1.29, 1.82) is 0 Å². The Morgan fingerprint density at radius 3 is 2.06 bits per heavy atom. The van der Waals surface area contributed by atoms with Gasteiger partial charge in [-0.25, -0.2) is 13.2 Å². The van der Waals surface area contributed by atoms with Gasteiger partial charge in [0, 0.05) is 5.69 Å². The molecule has 0 aliphatic rings. The molecule has 2 aromatic rings. The highest BCUT2D eigenvalue weighted by Gasteiger charge is 2.14. The van der Waals surface area contributed by atoms with Crippen molar-refractivity contribution in [2.24, 2.45) is 0 Å². The molecule has 0 atom stereocenters. The fourth-order valence-electron chi connectivity index (χ4n) is 1.77. The van der Waals surface area contributed by atoms with Crippen LogP contribution in [0.5, 0.6) is 0 Å². The van der Waals surface area contributed by atoms with Gasteiger partial charge in [-0.1, -0.05) is 18.2 Å². The van der Waals surface area contributed by atoms with Crippen LogP contribution >= 0.6 is 0 Å². The van der Waals surface area contributed by atoms with Crippen molar-refractivity contribution in [3.05, 3.63) is 58.9 Å². The van der Waals surface area contributed by atoms with Gasteiger partial charge in [-0.15, -0.1) is 0 Å². The van der Waals surface area contributed by atoms with Crippen LogP contribution in [0.3, 0.4) is 0 Å². The van der Waals surface area contributed by atoms with Gasteiger partial charge in [0.1, 0.15) is 0 Å². The van der Waals surface area contributed by atoms with Crippen LogP contribution in [0.1, 0.15) is 11.1 Å². The van der Waals surface area contributed by atoms with Gasteiger partial charge in [0.05, 0.1) is 5.69 Å². The zero-order valence-corrected chi connectivity index (χ0v) is 10.0. The molecule has 0 saturated heterocycles. The molecule has 0 heterocycles. The van der Waals surface area contributed by atoms with E-state index in [1.54, 1.807) is 0 Å². The van der Waals surface area contributed by atoms with Crippen molar-refractivity contribution >= 4 is 11.4 Å². The molecule has 1 nitrogen and oxygen atoms in total. The molecule has 0 saturated carbocycles. The Bertz CT molecular complexity index is 574. The Balaban J connectivity index is 2.44. The maximum absolute atomic E-state index is 13.5. The summed E-state index contributed by atoms with van der Waals surface area (Å²) in [6.45, 7) is 3.71. The van der Waals surface area contributed by atoms with Crippen molar-refractivity contribution < 1.29 is 13.2 Å². The van der Waals surface area contributed by atoms with Crippen molar-refractivity contribution in [3.8, 4) is 0 Å². The second-order valence-corrected chi connectivity index (χ2v) is 4.11.